The van der Waals surface area contributed by atoms with Gasteiger partial charge in [0.15, 0.2) is 6.61 Å². The normalized spacial score (nSPS) is 17.4. The fraction of sp³-hybridized carbons (Fsp3) is 0.364. The minimum atomic E-state index is -0.490. The number of hydrogen-bond donors (Lipinski definition) is 1. The molecular formula is C22H26N2O3. The molecule has 0 aliphatic carbocycles. The van der Waals surface area contributed by atoms with Gasteiger partial charge in [0, 0.05) is 25.4 Å². The SMILES string of the molecule is NC(=O)COc1cccc(CN2CCC[C@H](C(=O)Cc3ccccc3)C2)c1. The van der Waals surface area contributed by atoms with Gasteiger partial charge in [-0.2, -0.15) is 0 Å². The Morgan fingerprint density at radius 3 is 2.63 bits per heavy atom. The lowest BCUT2D eigenvalue weighted by Crippen LogP contribution is -2.38. The lowest BCUT2D eigenvalue weighted by atomic mass is 9.90. The zero-order valence-electron chi connectivity index (χ0n) is 15.5. The second-order valence-corrected chi connectivity index (χ2v) is 7.11. The third-order valence-electron chi connectivity index (χ3n) is 4.87. The molecule has 1 atom stereocenters. The Kier molecular flexibility index (Phi) is 6.60. The maximum absolute atomic E-state index is 12.7. The second kappa shape index (κ2) is 9.33. The molecule has 5 nitrogen and oxygen atoms in total. The number of benzene rings is 2. The van der Waals surface area contributed by atoms with Crippen LogP contribution in [-0.2, 0) is 22.6 Å². The highest BCUT2D eigenvalue weighted by Gasteiger charge is 2.25. The van der Waals surface area contributed by atoms with Crippen molar-refractivity contribution >= 4 is 11.7 Å². The van der Waals surface area contributed by atoms with Gasteiger partial charge in [-0.3, -0.25) is 14.5 Å². The van der Waals surface area contributed by atoms with Crippen molar-refractivity contribution in [1.82, 2.24) is 4.90 Å². The fourth-order valence-corrected chi connectivity index (χ4v) is 3.55. The summed E-state index contributed by atoms with van der Waals surface area (Å²) in [5, 5.41) is 0. The minimum absolute atomic E-state index is 0.0910. The molecule has 142 valence electrons. The van der Waals surface area contributed by atoms with E-state index in [2.05, 4.69) is 4.90 Å². The number of ether oxygens (including phenoxy) is 1. The largest absolute Gasteiger partial charge is 0.484 e. The van der Waals surface area contributed by atoms with Gasteiger partial charge in [0.05, 0.1) is 0 Å². The van der Waals surface area contributed by atoms with Crippen LogP contribution in [-0.4, -0.2) is 36.3 Å². The molecule has 1 fully saturated rings. The molecule has 0 aromatic heterocycles. The molecule has 5 heteroatoms. The first-order chi connectivity index (χ1) is 13.1. The first-order valence-electron chi connectivity index (χ1n) is 9.39. The van der Waals surface area contributed by atoms with E-state index in [1.165, 1.54) is 0 Å². The number of Topliss-reactive ketones (excluding diaryl/α,β-unsaturated/α-hetero) is 1. The standard InChI is InChI=1S/C22H26N2O3/c23-22(26)16-27-20-10-4-8-18(12-20)14-24-11-5-9-19(15-24)21(25)13-17-6-2-1-3-7-17/h1-4,6-8,10,12,19H,5,9,11,13-16H2,(H2,23,26)/t19-/m0/s1. The molecule has 1 aliphatic rings. The summed E-state index contributed by atoms with van der Waals surface area (Å²) in [6.07, 6.45) is 2.50. The summed E-state index contributed by atoms with van der Waals surface area (Å²) in [7, 11) is 0. The van der Waals surface area contributed by atoms with Gasteiger partial charge in [-0.25, -0.2) is 0 Å². The Balaban J connectivity index is 1.56. The fourth-order valence-electron chi connectivity index (χ4n) is 3.55. The van der Waals surface area contributed by atoms with Gasteiger partial charge in [-0.05, 0) is 42.6 Å². The Morgan fingerprint density at radius 2 is 1.85 bits per heavy atom. The smallest absolute Gasteiger partial charge is 0.255 e. The van der Waals surface area contributed by atoms with Crippen LogP contribution < -0.4 is 10.5 Å². The average molecular weight is 366 g/mol. The number of carbonyl (C=O) groups is 2. The van der Waals surface area contributed by atoms with E-state index in [4.69, 9.17) is 10.5 Å². The first-order valence-corrected chi connectivity index (χ1v) is 9.39. The summed E-state index contributed by atoms with van der Waals surface area (Å²) in [6, 6.07) is 17.6. The Morgan fingerprint density at radius 1 is 1.07 bits per heavy atom. The molecule has 27 heavy (non-hydrogen) atoms. The van der Waals surface area contributed by atoms with Crippen LogP contribution in [0.2, 0.25) is 0 Å². The predicted octanol–water partition coefficient (Wildman–Crippen LogP) is 2.57. The lowest BCUT2D eigenvalue weighted by Gasteiger charge is -2.32. The number of carbonyl (C=O) groups excluding carboxylic acids is 2. The van der Waals surface area contributed by atoms with E-state index in [1.54, 1.807) is 0 Å². The molecule has 2 aromatic carbocycles. The quantitative estimate of drug-likeness (QED) is 0.779. The molecule has 1 saturated heterocycles. The van der Waals surface area contributed by atoms with Crippen LogP contribution in [0.3, 0.4) is 0 Å². The number of piperidine rings is 1. The van der Waals surface area contributed by atoms with Gasteiger partial charge in [0.1, 0.15) is 11.5 Å². The minimum Gasteiger partial charge on any atom is -0.484 e. The molecule has 3 rings (SSSR count). The molecule has 1 aliphatic heterocycles. The van der Waals surface area contributed by atoms with E-state index >= 15 is 0 Å². The number of ketones is 1. The van der Waals surface area contributed by atoms with Crippen LogP contribution in [0.15, 0.2) is 54.6 Å². The van der Waals surface area contributed by atoms with Gasteiger partial charge >= 0.3 is 0 Å². The summed E-state index contributed by atoms with van der Waals surface area (Å²) in [5.74, 6) is 0.564. The Bertz CT molecular complexity index is 776. The Hall–Kier alpha value is -2.66. The zero-order chi connectivity index (χ0) is 19.1. The maximum atomic E-state index is 12.7. The summed E-state index contributed by atoms with van der Waals surface area (Å²) in [6.45, 7) is 2.42. The molecule has 0 spiro atoms. The van der Waals surface area contributed by atoms with Crippen molar-refractivity contribution in [3.8, 4) is 5.75 Å². The van der Waals surface area contributed by atoms with E-state index < -0.39 is 5.91 Å². The number of amides is 1. The summed E-state index contributed by atoms with van der Waals surface area (Å²) in [5.41, 5.74) is 7.31. The van der Waals surface area contributed by atoms with Crippen LogP contribution in [0.25, 0.3) is 0 Å². The molecule has 1 amide bonds. The van der Waals surface area contributed by atoms with E-state index in [1.807, 2.05) is 54.6 Å². The monoisotopic (exact) mass is 366 g/mol. The third-order valence-corrected chi connectivity index (χ3v) is 4.87. The van der Waals surface area contributed by atoms with Gasteiger partial charge in [-0.1, -0.05) is 42.5 Å². The van der Waals surface area contributed by atoms with Crippen molar-refractivity contribution in [1.29, 1.82) is 0 Å². The van der Waals surface area contributed by atoms with Gasteiger partial charge in [0.25, 0.3) is 5.91 Å². The van der Waals surface area contributed by atoms with Crippen molar-refractivity contribution in [2.75, 3.05) is 19.7 Å². The van der Waals surface area contributed by atoms with Gasteiger partial charge < -0.3 is 10.5 Å². The highest BCUT2D eigenvalue weighted by Crippen LogP contribution is 2.22. The number of nitrogens with two attached hydrogens (primary N) is 1. The van der Waals surface area contributed by atoms with Crippen molar-refractivity contribution in [3.05, 3.63) is 65.7 Å². The topological polar surface area (TPSA) is 72.6 Å². The van der Waals surface area contributed by atoms with Crippen LogP contribution in [0.4, 0.5) is 0 Å². The number of primary amides is 1. The molecule has 2 aromatic rings. The average Bonchev–Trinajstić information content (AvgIpc) is 2.68. The molecule has 1 heterocycles. The number of likely N-dealkylation sites (tertiary alicyclic amines) is 1. The molecular weight excluding hydrogens is 340 g/mol. The molecule has 0 unspecified atom stereocenters. The van der Waals surface area contributed by atoms with E-state index in [0.717, 1.165) is 43.6 Å². The van der Waals surface area contributed by atoms with E-state index in [-0.39, 0.29) is 12.5 Å². The summed E-state index contributed by atoms with van der Waals surface area (Å²) < 4.78 is 5.38. The molecule has 2 N–H and O–H groups in total. The second-order valence-electron chi connectivity index (χ2n) is 7.11. The van der Waals surface area contributed by atoms with Crippen LogP contribution in [0.5, 0.6) is 5.75 Å². The molecule has 0 bridgehead atoms. The van der Waals surface area contributed by atoms with Crippen LogP contribution in [0.1, 0.15) is 24.0 Å². The maximum Gasteiger partial charge on any atom is 0.255 e. The third kappa shape index (κ3) is 5.93. The van der Waals surface area contributed by atoms with Gasteiger partial charge in [0.2, 0.25) is 0 Å². The van der Waals surface area contributed by atoms with E-state index in [0.29, 0.717) is 18.0 Å². The predicted molar refractivity (Wildman–Crippen MR) is 104 cm³/mol. The first kappa shape index (κ1) is 19.1. The molecule has 0 saturated carbocycles. The van der Waals surface area contributed by atoms with Crippen molar-refractivity contribution in [2.24, 2.45) is 11.7 Å². The highest BCUT2D eigenvalue weighted by molar-refractivity contribution is 5.83. The summed E-state index contributed by atoms with van der Waals surface area (Å²) >= 11 is 0. The van der Waals surface area contributed by atoms with Crippen LogP contribution >= 0.6 is 0 Å². The number of hydrogen-bond acceptors (Lipinski definition) is 4. The lowest BCUT2D eigenvalue weighted by molar-refractivity contribution is -0.124. The number of nitrogens with zero attached hydrogens (tertiary/aromatic N) is 1. The van der Waals surface area contributed by atoms with Gasteiger partial charge in [-0.15, -0.1) is 0 Å². The Labute approximate surface area is 160 Å². The molecule has 0 radical (unpaired) electrons. The number of rotatable bonds is 8. The summed E-state index contributed by atoms with van der Waals surface area (Å²) in [4.78, 5) is 25.9. The van der Waals surface area contributed by atoms with Crippen molar-refractivity contribution in [2.45, 2.75) is 25.8 Å². The zero-order valence-corrected chi connectivity index (χ0v) is 15.5. The van der Waals surface area contributed by atoms with E-state index in [9.17, 15) is 9.59 Å². The van der Waals surface area contributed by atoms with Crippen molar-refractivity contribution in [3.63, 3.8) is 0 Å². The van der Waals surface area contributed by atoms with Crippen molar-refractivity contribution < 1.29 is 14.3 Å². The highest BCUT2D eigenvalue weighted by atomic mass is 16.5. The van der Waals surface area contributed by atoms with Crippen LogP contribution in [0, 0.1) is 5.92 Å².